The van der Waals surface area contributed by atoms with Crippen molar-refractivity contribution in [2.75, 3.05) is 26.2 Å². The van der Waals surface area contributed by atoms with Gasteiger partial charge in [-0.05, 0) is 79.4 Å². The van der Waals surface area contributed by atoms with Gasteiger partial charge < -0.3 is 30.4 Å². The minimum atomic E-state index is -0.373. The van der Waals surface area contributed by atoms with Gasteiger partial charge in [-0.1, -0.05) is 136 Å². The molecule has 10 heteroatoms. The summed E-state index contributed by atoms with van der Waals surface area (Å²) in [5, 5.41) is 7.07. The number of rotatable bonds is 17. The zero-order chi connectivity index (χ0) is 41.3. The summed E-state index contributed by atoms with van der Waals surface area (Å²) in [5.74, 6) is 1.88. The SMILES string of the molecule is CCCCN[C@@H](C(=O)N1CCC[C@H]1c1nc(-c2ccc(-c3ccc(-c4cnc([C@@H]5CCCN5C(=O)[C@H](NCCCC)c5ccccc5)[nH]4)cc3)cc2)c[nH]1)c1ccccc1. The highest BCUT2D eigenvalue weighted by Gasteiger charge is 2.37. The van der Waals surface area contributed by atoms with E-state index in [9.17, 15) is 9.59 Å². The van der Waals surface area contributed by atoms with Gasteiger partial charge in [-0.2, -0.15) is 0 Å². The number of carbonyl (C=O) groups excluding carboxylic acids is 2. The van der Waals surface area contributed by atoms with Crippen molar-refractivity contribution >= 4 is 11.8 Å². The van der Waals surface area contributed by atoms with E-state index in [0.717, 1.165) is 134 Å². The second kappa shape index (κ2) is 19.5. The number of benzene rings is 4. The van der Waals surface area contributed by atoms with E-state index in [1.807, 2.05) is 82.9 Å². The highest BCUT2D eigenvalue weighted by Crippen LogP contribution is 2.36. The van der Waals surface area contributed by atoms with Crippen LogP contribution in [0.15, 0.2) is 122 Å². The van der Waals surface area contributed by atoms with Crippen LogP contribution in [0, 0.1) is 0 Å². The van der Waals surface area contributed by atoms with E-state index >= 15 is 0 Å². The number of nitrogens with one attached hydrogen (secondary N) is 4. The molecule has 0 spiro atoms. The lowest BCUT2D eigenvalue weighted by atomic mass is 10.0. The average Bonchev–Trinajstić information content (AvgIpc) is 4.15. The number of amides is 2. The van der Waals surface area contributed by atoms with Gasteiger partial charge in [0, 0.05) is 24.8 Å². The summed E-state index contributed by atoms with van der Waals surface area (Å²) in [5.41, 5.74) is 8.10. The number of aromatic amines is 2. The van der Waals surface area contributed by atoms with Gasteiger partial charge in [-0.15, -0.1) is 0 Å². The van der Waals surface area contributed by atoms with Crippen molar-refractivity contribution in [2.24, 2.45) is 0 Å². The molecule has 6 aromatic rings. The fourth-order valence-corrected chi connectivity index (χ4v) is 8.78. The van der Waals surface area contributed by atoms with Gasteiger partial charge in [-0.25, -0.2) is 9.97 Å². The number of carbonyl (C=O) groups is 2. The van der Waals surface area contributed by atoms with Crippen molar-refractivity contribution in [1.29, 1.82) is 0 Å². The standard InChI is InChI=1S/C50H58N8O2/c1-3-5-29-51-45(39-15-9-7-10-16-39)49(59)57-31-13-19-43(57)47-53-33-41(55-47)37-25-21-35(22-26-37)36-23-27-38(28-24-36)42-34-54-48(56-42)44-20-14-32-58(44)50(60)46(52-30-6-4-2)40-17-11-8-12-18-40/h7-12,15-18,21-28,33-34,43-46,51-52H,3-6,13-14,19-20,29-32H2,1-2H3,(H,53,55)(H,54,56)/t43-,44-,45+,46+/m0/s1. The third-order valence-corrected chi connectivity index (χ3v) is 12.1. The van der Waals surface area contributed by atoms with Crippen LogP contribution < -0.4 is 10.6 Å². The van der Waals surface area contributed by atoms with Crippen molar-refractivity contribution in [3.05, 3.63) is 144 Å². The second-order valence-electron chi connectivity index (χ2n) is 16.2. The summed E-state index contributed by atoms with van der Waals surface area (Å²) in [6, 6.07) is 36.2. The Kier molecular flexibility index (Phi) is 13.3. The third-order valence-electron chi connectivity index (χ3n) is 12.1. The summed E-state index contributed by atoms with van der Waals surface area (Å²) < 4.78 is 0. The maximum atomic E-state index is 14.1. The monoisotopic (exact) mass is 802 g/mol. The molecule has 0 aliphatic carbocycles. The minimum Gasteiger partial charge on any atom is -0.346 e. The molecule has 4 aromatic carbocycles. The summed E-state index contributed by atoms with van der Waals surface area (Å²) in [6.45, 7) is 7.38. The average molecular weight is 803 g/mol. The van der Waals surface area contributed by atoms with Crippen LogP contribution in [0.4, 0.5) is 0 Å². The Labute approximate surface area is 354 Å². The lowest BCUT2D eigenvalue weighted by Crippen LogP contribution is -2.41. The van der Waals surface area contributed by atoms with E-state index in [-0.39, 0.29) is 36.0 Å². The van der Waals surface area contributed by atoms with Crippen LogP contribution in [0.2, 0.25) is 0 Å². The molecule has 2 aliphatic rings. The number of aromatic nitrogens is 4. The highest BCUT2D eigenvalue weighted by atomic mass is 16.2. The zero-order valence-electron chi connectivity index (χ0n) is 34.9. The Morgan fingerprint density at radius 1 is 0.650 bits per heavy atom. The first-order chi connectivity index (χ1) is 29.5. The fourth-order valence-electron chi connectivity index (χ4n) is 8.78. The Morgan fingerprint density at radius 3 is 1.65 bits per heavy atom. The molecule has 2 aliphatic heterocycles. The van der Waals surface area contributed by atoms with Gasteiger partial charge in [-0.3, -0.25) is 9.59 Å². The van der Waals surface area contributed by atoms with E-state index in [2.05, 4.69) is 83.0 Å². The smallest absolute Gasteiger partial charge is 0.244 e. The molecule has 2 fully saturated rings. The summed E-state index contributed by atoms with van der Waals surface area (Å²) >= 11 is 0. The Hall–Kier alpha value is -5.84. The molecule has 2 aromatic heterocycles. The second-order valence-corrected chi connectivity index (χ2v) is 16.2. The molecule has 0 saturated carbocycles. The van der Waals surface area contributed by atoms with Crippen LogP contribution in [-0.4, -0.2) is 67.7 Å². The molecule has 0 radical (unpaired) electrons. The van der Waals surface area contributed by atoms with E-state index < -0.39 is 0 Å². The van der Waals surface area contributed by atoms with Gasteiger partial charge in [0.1, 0.15) is 23.7 Å². The summed E-state index contributed by atoms with van der Waals surface area (Å²) in [4.78, 5) is 49.0. The van der Waals surface area contributed by atoms with Crippen LogP contribution in [0.5, 0.6) is 0 Å². The van der Waals surface area contributed by atoms with Crippen LogP contribution >= 0.6 is 0 Å². The van der Waals surface area contributed by atoms with E-state index in [4.69, 9.17) is 9.97 Å². The molecular formula is C50H58N8O2. The predicted molar refractivity (Wildman–Crippen MR) is 239 cm³/mol. The normalized spacial score (nSPS) is 17.6. The first-order valence-corrected chi connectivity index (χ1v) is 22.0. The molecule has 4 N–H and O–H groups in total. The molecule has 4 heterocycles. The van der Waals surface area contributed by atoms with Crippen molar-refractivity contribution in [2.45, 2.75) is 89.4 Å². The summed E-state index contributed by atoms with van der Waals surface area (Å²) in [6.07, 6.45) is 11.7. The molecule has 2 saturated heterocycles. The molecule has 8 rings (SSSR count). The lowest BCUT2D eigenvalue weighted by Gasteiger charge is -2.29. The van der Waals surface area contributed by atoms with Crippen LogP contribution in [-0.2, 0) is 9.59 Å². The van der Waals surface area contributed by atoms with E-state index in [1.165, 1.54) is 0 Å². The Balaban J connectivity index is 0.916. The van der Waals surface area contributed by atoms with E-state index in [1.54, 1.807) is 0 Å². The third kappa shape index (κ3) is 9.15. The van der Waals surface area contributed by atoms with Crippen molar-refractivity contribution in [1.82, 2.24) is 40.4 Å². The van der Waals surface area contributed by atoms with Gasteiger partial charge in [0.2, 0.25) is 11.8 Å². The van der Waals surface area contributed by atoms with Crippen molar-refractivity contribution < 1.29 is 9.59 Å². The van der Waals surface area contributed by atoms with Crippen molar-refractivity contribution in [3.63, 3.8) is 0 Å². The Morgan fingerprint density at radius 2 is 1.13 bits per heavy atom. The number of imidazole rings is 2. The number of unbranched alkanes of at least 4 members (excludes halogenated alkanes) is 2. The number of hydrogen-bond acceptors (Lipinski definition) is 6. The van der Waals surface area contributed by atoms with Crippen LogP contribution in [0.25, 0.3) is 33.6 Å². The van der Waals surface area contributed by atoms with Gasteiger partial charge in [0.05, 0.1) is 29.7 Å². The molecule has 0 unspecified atom stereocenters. The van der Waals surface area contributed by atoms with Crippen LogP contribution in [0.1, 0.15) is 112 Å². The maximum Gasteiger partial charge on any atom is 0.244 e. The number of hydrogen-bond donors (Lipinski definition) is 4. The number of nitrogens with zero attached hydrogens (tertiary/aromatic N) is 4. The van der Waals surface area contributed by atoms with Gasteiger partial charge in [0.15, 0.2) is 0 Å². The van der Waals surface area contributed by atoms with Crippen molar-refractivity contribution in [3.8, 4) is 33.6 Å². The topological polar surface area (TPSA) is 122 Å². The molecule has 4 atom stereocenters. The molecule has 310 valence electrons. The summed E-state index contributed by atoms with van der Waals surface area (Å²) in [7, 11) is 0. The molecule has 10 nitrogen and oxygen atoms in total. The quantitative estimate of drug-likeness (QED) is 0.0682. The molecular weight excluding hydrogens is 745 g/mol. The molecule has 60 heavy (non-hydrogen) atoms. The number of H-pyrrole nitrogens is 2. The molecule has 2 amide bonds. The largest absolute Gasteiger partial charge is 0.346 e. The molecule has 0 bridgehead atoms. The van der Waals surface area contributed by atoms with Crippen LogP contribution in [0.3, 0.4) is 0 Å². The minimum absolute atomic E-state index is 0.0848. The first kappa shape index (κ1) is 40.9. The number of likely N-dealkylation sites (tertiary alicyclic amines) is 2. The van der Waals surface area contributed by atoms with Gasteiger partial charge in [0.25, 0.3) is 0 Å². The first-order valence-electron chi connectivity index (χ1n) is 22.0. The van der Waals surface area contributed by atoms with Gasteiger partial charge >= 0.3 is 0 Å². The fraction of sp³-hybridized carbons (Fsp3) is 0.360. The Bertz CT molecular complexity index is 2120. The predicted octanol–water partition coefficient (Wildman–Crippen LogP) is 9.72. The van der Waals surface area contributed by atoms with E-state index in [0.29, 0.717) is 0 Å². The highest BCUT2D eigenvalue weighted by molar-refractivity contribution is 5.85. The lowest BCUT2D eigenvalue weighted by molar-refractivity contribution is -0.135. The zero-order valence-corrected chi connectivity index (χ0v) is 34.9. The maximum absolute atomic E-state index is 14.1.